The average Bonchev–Trinajstić information content (AvgIpc) is 2.91. The number of carbonyl (C=O) groups is 1. The number of rotatable bonds is 8. The van der Waals surface area contributed by atoms with Gasteiger partial charge in [-0.1, -0.05) is 31.4 Å². The van der Waals surface area contributed by atoms with E-state index in [1.54, 1.807) is 36.1 Å². The second kappa shape index (κ2) is 8.53. The zero-order chi connectivity index (χ0) is 16.7. The third-order valence-corrected chi connectivity index (χ3v) is 3.42. The van der Waals surface area contributed by atoms with E-state index in [-0.39, 0.29) is 6.61 Å². The summed E-state index contributed by atoms with van der Waals surface area (Å²) < 4.78 is 12.1. The van der Waals surface area contributed by atoms with Crippen molar-refractivity contribution in [2.24, 2.45) is 7.05 Å². The summed E-state index contributed by atoms with van der Waals surface area (Å²) in [5.41, 5.74) is 1.49. The van der Waals surface area contributed by atoms with Crippen molar-refractivity contribution in [1.29, 1.82) is 0 Å². The fourth-order valence-corrected chi connectivity index (χ4v) is 2.10. The summed E-state index contributed by atoms with van der Waals surface area (Å²) in [5, 5.41) is 4.77. The number of carbonyl (C=O) groups excluding carboxylic acids is 1. The molecule has 0 aliphatic rings. The first-order valence-corrected chi connectivity index (χ1v) is 7.92. The average molecular weight is 338 g/mol. The van der Waals surface area contributed by atoms with Crippen LogP contribution in [0.2, 0.25) is 5.02 Å². The van der Waals surface area contributed by atoms with E-state index in [1.165, 1.54) is 0 Å². The molecular weight excluding hydrogens is 318 g/mol. The van der Waals surface area contributed by atoms with Crippen molar-refractivity contribution in [3.8, 4) is 17.3 Å². The van der Waals surface area contributed by atoms with Gasteiger partial charge in [0, 0.05) is 19.3 Å². The van der Waals surface area contributed by atoms with Gasteiger partial charge in [0.25, 0.3) is 0 Å². The fourth-order valence-electron chi connectivity index (χ4n) is 1.99. The Kier molecular flexibility index (Phi) is 6.40. The van der Waals surface area contributed by atoms with Gasteiger partial charge in [-0.05, 0) is 18.6 Å². The molecule has 6 nitrogen and oxygen atoms in total. The van der Waals surface area contributed by atoms with E-state index in [9.17, 15) is 4.79 Å². The third-order valence-electron chi connectivity index (χ3n) is 3.20. The molecule has 0 saturated heterocycles. The van der Waals surface area contributed by atoms with Crippen LogP contribution in [0.1, 0.15) is 26.2 Å². The summed E-state index contributed by atoms with van der Waals surface area (Å²) in [6.07, 6.45) is 4.58. The van der Waals surface area contributed by atoms with Crippen molar-refractivity contribution < 1.29 is 14.3 Å². The lowest BCUT2D eigenvalue weighted by Gasteiger charge is -2.04. The maximum atomic E-state index is 11.6. The van der Waals surface area contributed by atoms with Crippen LogP contribution in [-0.4, -0.2) is 33.9 Å². The van der Waals surface area contributed by atoms with Gasteiger partial charge >= 0.3 is 5.97 Å². The Labute approximate surface area is 140 Å². The molecule has 2 aromatic heterocycles. The molecule has 2 heterocycles. The SMILES string of the molecule is CCCCCOC(=O)COc1cc(-c2ccc(Cl)cn2)n(C)n1. The highest BCUT2D eigenvalue weighted by molar-refractivity contribution is 6.30. The summed E-state index contributed by atoms with van der Waals surface area (Å²) in [5.74, 6) is -0.0392. The van der Waals surface area contributed by atoms with E-state index in [2.05, 4.69) is 17.0 Å². The number of hydrogen-bond acceptors (Lipinski definition) is 5. The van der Waals surface area contributed by atoms with Gasteiger partial charge in [-0.2, -0.15) is 0 Å². The number of ether oxygens (including phenoxy) is 2. The maximum Gasteiger partial charge on any atom is 0.344 e. The number of hydrogen-bond donors (Lipinski definition) is 0. The number of unbranched alkanes of at least 4 members (excludes halogenated alkanes) is 2. The van der Waals surface area contributed by atoms with Gasteiger partial charge in [0.2, 0.25) is 5.88 Å². The van der Waals surface area contributed by atoms with Crippen LogP contribution in [0.5, 0.6) is 5.88 Å². The zero-order valence-corrected chi connectivity index (χ0v) is 14.0. The molecular formula is C16H20ClN3O3. The van der Waals surface area contributed by atoms with Crippen LogP contribution in [0, 0.1) is 0 Å². The third kappa shape index (κ3) is 5.25. The van der Waals surface area contributed by atoms with Crippen molar-refractivity contribution in [3.05, 3.63) is 29.4 Å². The highest BCUT2D eigenvalue weighted by Gasteiger charge is 2.11. The molecule has 0 aliphatic carbocycles. The summed E-state index contributed by atoms with van der Waals surface area (Å²) >= 11 is 5.83. The van der Waals surface area contributed by atoms with E-state index < -0.39 is 5.97 Å². The normalized spacial score (nSPS) is 10.6. The number of aryl methyl sites for hydroxylation is 1. The molecule has 0 atom stereocenters. The van der Waals surface area contributed by atoms with E-state index in [1.807, 2.05) is 0 Å². The lowest BCUT2D eigenvalue weighted by molar-refractivity contribution is -0.146. The fraction of sp³-hybridized carbons (Fsp3) is 0.438. The highest BCUT2D eigenvalue weighted by Crippen LogP contribution is 2.22. The van der Waals surface area contributed by atoms with Crippen LogP contribution in [-0.2, 0) is 16.6 Å². The zero-order valence-electron chi connectivity index (χ0n) is 13.3. The van der Waals surface area contributed by atoms with Crippen LogP contribution in [0.4, 0.5) is 0 Å². The predicted molar refractivity (Wildman–Crippen MR) is 87.4 cm³/mol. The minimum Gasteiger partial charge on any atom is -0.465 e. The number of nitrogens with zero attached hydrogens (tertiary/aromatic N) is 3. The molecule has 0 radical (unpaired) electrons. The summed E-state index contributed by atoms with van der Waals surface area (Å²) in [4.78, 5) is 15.8. The molecule has 23 heavy (non-hydrogen) atoms. The Bertz CT molecular complexity index is 641. The highest BCUT2D eigenvalue weighted by atomic mass is 35.5. The second-order valence-electron chi connectivity index (χ2n) is 5.07. The predicted octanol–water partition coefficient (Wildman–Crippen LogP) is 3.25. The van der Waals surface area contributed by atoms with Crippen LogP contribution in [0.15, 0.2) is 24.4 Å². The standard InChI is InChI=1S/C16H20ClN3O3/c1-3-4-5-8-22-16(21)11-23-15-9-14(20(2)19-15)13-7-6-12(17)10-18-13/h6-7,9-10H,3-5,8,11H2,1-2H3. The molecule has 2 rings (SSSR count). The van der Waals surface area contributed by atoms with Gasteiger partial charge in [0.1, 0.15) is 0 Å². The Hall–Kier alpha value is -2.08. The Morgan fingerprint density at radius 3 is 2.87 bits per heavy atom. The largest absolute Gasteiger partial charge is 0.465 e. The minimum atomic E-state index is -0.391. The van der Waals surface area contributed by atoms with Gasteiger partial charge in [-0.25, -0.2) is 4.79 Å². The number of esters is 1. The first-order valence-electron chi connectivity index (χ1n) is 7.54. The molecule has 0 aromatic carbocycles. The van der Waals surface area contributed by atoms with Crippen LogP contribution in [0.3, 0.4) is 0 Å². The first kappa shape index (κ1) is 17.3. The second-order valence-corrected chi connectivity index (χ2v) is 5.51. The lowest BCUT2D eigenvalue weighted by atomic mass is 10.3. The van der Waals surface area contributed by atoms with Crippen LogP contribution < -0.4 is 4.74 Å². The Morgan fingerprint density at radius 1 is 1.35 bits per heavy atom. The summed E-state index contributed by atoms with van der Waals surface area (Å²) in [7, 11) is 1.78. The van der Waals surface area contributed by atoms with Gasteiger partial charge < -0.3 is 9.47 Å². The lowest BCUT2D eigenvalue weighted by Crippen LogP contribution is -2.15. The molecule has 0 fully saturated rings. The molecule has 0 amide bonds. The van der Waals surface area contributed by atoms with Crippen molar-refractivity contribution in [2.75, 3.05) is 13.2 Å². The van der Waals surface area contributed by atoms with E-state index in [4.69, 9.17) is 21.1 Å². The molecule has 0 N–H and O–H groups in total. The van der Waals surface area contributed by atoms with E-state index in [0.29, 0.717) is 17.5 Å². The smallest absolute Gasteiger partial charge is 0.344 e. The van der Waals surface area contributed by atoms with Crippen molar-refractivity contribution in [2.45, 2.75) is 26.2 Å². The van der Waals surface area contributed by atoms with Gasteiger partial charge in [-0.3, -0.25) is 9.67 Å². The van der Waals surface area contributed by atoms with Crippen LogP contribution >= 0.6 is 11.6 Å². The van der Waals surface area contributed by atoms with Crippen molar-refractivity contribution in [1.82, 2.24) is 14.8 Å². The molecule has 0 saturated carbocycles. The minimum absolute atomic E-state index is 0.156. The Morgan fingerprint density at radius 2 is 2.17 bits per heavy atom. The molecule has 0 bridgehead atoms. The van der Waals surface area contributed by atoms with E-state index >= 15 is 0 Å². The Balaban J connectivity index is 1.88. The molecule has 7 heteroatoms. The first-order chi connectivity index (χ1) is 11.1. The topological polar surface area (TPSA) is 66.2 Å². The molecule has 0 aliphatic heterocycles. The quantitative estimate of drug-likeness (QED) is 0.546. The molecule has 0 unspecified atom stereocenters. The summed E-state index contributed by atoms with van der Waals surface area (Å²) in [6, 6.07) is 5.27. The van der Waals surface area contributed by atoms with E-state index in [0.717, 1.165) is 30.7 Å². The monoisotopic (exact) mass is 337 g/mol. The van der Waals surface area contributed by atoms with Crippen molar-refractivity contribution in [3.63, 3.8) is 0 Å². The molecule has 124 valence electrons. The van der Waals surface area contributed by atoms with Crippen molar-refractivity contribution >= 4 is 17.6 Å². The molecule has 0 spiro atoms. The van der Waals surface area contributed by atoms with Crippen LogP contribution in [0.25, 0.3) is 11.4 Å². The van der Waals surface area contributed by atoms with Gasteiger partial charge in [-0.15, -0.1) is 5.10 Å². The van der Waals surface area contributed by atoms with Gasteiger partial charge in [0.15, 0.2) is 6.61 Å². The molecule has 2 aromatic rings. The number of pyridine rings is 1. The number of halogens is 1. The maximum absolute atomic E-state index is 11.6. The summed E-state index contributed by atoms with van der Waals surface area (Å²) in [6.45, 7) is 2.37. The number of aromatic nitrogens is 3. The van der Waals surface area contributed by atoms with Gasteiger partial charge in [0.05, 0.1) is 23.0 Å².